The van der Waals surface area contributed by atoms with E-state index < -0.39 is 0 Å². The van der Waals surface area contributed by atoms with Crippen LogP contribution in [0, 0.1) is 0 Å². The van der Waals surface area contributed by atoms with Gasteiger partial charge in [0.2, 0.25) is 0 Å². The maximum Gasteiger partial charge on any atom is 0.127 e. The highest BCUT2D eigenvalue weighted by Crippen LogP contribution is 2.15. The van der Waals surface area contributed by atoms with Crippen LogP contribution < -0.4 is 10.1 Å². The van der Waals surface area contributed by atoms with Gasteiger partial charge in [-0.25, -0.2) is 0 Å². The number of hydrogen-bond donors (Lipinski definition) is 1. The lowest BCUT2D eigenvalue weighted by Gasteiger charge is -2.07. The van der Waals surface area contributed by atoms with Gasteiger partial charge in [0.1, 0.15) is 18.8 Å². The van der Waals surface area contributed by atoms with E-state index in [-0.39, 0.29) is 0 Å². The third-order valence-electron chi connectivity index (χ3n) is 2.85. The Balaban J connectivity index is 1.90. The molecule has 94 valence electrons. The van der Waals surface area contributed by atoms with Crippen LogP contribution in [0.4, 0.5) is 0 Å². The highest BCUT2D eigenvalue weighted by molar-refractivity contribution is 9.10. The molecule has 0 saturated carbocycles. The van der Waals surface area contributed by atoms with E-state index in [1.807, 2.05) is 18.2 Å². The minimum atomic E-state index is 0.931. The van der Waals surface area contributed by atoms with E-state index in [0.29, 0.717) is 0 Å². The first-order chi connectivity index (χ1) is 8.79. The summed E-state index contributed by atoms with van der Waals surface area (Å²) < 4.78 is 6.46. The van der Waals surface area contributed by atoms with Crippen molar-refractivity contribution < 1.29 is 10.1 Å². The molecule has 0 aliphatic heterocycles. The summed E-state index contributed by atoms with van der Waals surface area (Å²) in [6.07, 6.45) is 0. The summed E-state index contributed by atoms with van der Waals surface area (Å²) in [4.78, 5) is 0. The number of hydrogen-bond acceptors (Lipinski definition) is 1. The number of halogens is 1. The molecule has 3 heteroatoms. The molecule has 2 aromatic rings. The molecular formula is C15H17BrNO+. The molecule has 0 unspecified atom stereocenters. The SMILES string of the molecule is COc1ccccc1C[NH2+]Cc1ccc(Br)cc1. The van der Waals surface area contributed by atoms with Gasteiger partial charge in [0.25, 0.3) is 0 Å². The highest BCUT2D eigenvalue weighted by Gasteiger charge is 2.03. The molecule has 0 amide bonds. The van der Waals surface area contributed by atoms with E-state index in [4.69, 9.17) is 4.74 Å². The van der Waals surface area contributed by atoms with Crippen LogP contribution in [0.3, 0.4) is 0 Å². The van der Waals surface area contributed by atoms with Gasteiger partial charge in [-0.3, -0.25) is 0 Å². The Hall–Kier alpha value is -1.32. The van der Waals surface area contributed by atoms with Crippen LogP contribution in [0.5, 0.6) is 5.75 Å². The van der Waals surface area contributed by atoms with Crippen LogP contribution in [0.1, 0.15) is 11.1 Å². The standard InChI is InChI=1S/C15H16BrNO/c1-18-15-5-3-2-4-13(15)11-17-10-12-6-8-14(16)9-7-12/h2-9,17H,10-11H2,1H3/p+1. The van der Waals surface area contributed by atoms with Crippen molar-refractivity contribution in [2.75, 3.05) is 7.11 Å². The van der Waals surface area contributed by atoms with Crippen molar-refractivity contribution in [3.05, 3.63) is 64.1 Å². The predicted octanol–water partition coefficient (Wildman–Crippen LogP) is 2.72. The van der Waals surface area contributed by atoms with Crippen molar-refractivity contribution in [1.29, 1.82) is 0 Å². The molecule has 0 aliphatic carbocycles. The first-order valence-electron chi connectivity index (χ1n) is 5.97. The average Bonchev–Trinajstić information content (AvgIpc) is 2.41. The summed E-state index contributed by atoms with van der Waals surface area (Å²) >= 11 is 3.44. The molecule has 0 aliphatic rings. The number of methoxy groups -OCH3 is 1. The fourth-order valence-electron chi connectivity index (χ4n) is 1.89. The third kappa shape index (κ3) is 3.59. The van der Waals surface area contributed by atoms with Gasteiger partial charge >= 0.3 is 0 Å². The van der Waals surface area contributed by atoms with Crippen LogP contribution in [-0.4, -0.2) is 7.11 Å². The number of rotatable bonds is 5. The van der Waals surface area contributed by atoms with Gasteiger partial charge in [-0.15, -0.1) is 0 Å². The van der Waals surface area contributed by atoms with Gasteiger partial charge in [-0.05, 0) is 24.3 Å². The van der Waals surface area contributed by atoms with Crippen molar-refractivity contribution in [3.63, 3.8) is 0 Å². The molecule has 0 atom stereocenters. The van der Waals surface area contributed by atoms with Gasteiger partial charge in [0.15, 0.2) is 0 Å². The lowest BCUT2D eigenvalue weighted by Crippen LogP contribution is -2.80. The van der Waals surface area contributed by atoms with Crippen LogP contribution in [0.15, 0.2) is 53.0 Å². The molecule has 2 nitrogen and oxygen atoms in total. The van der Waals surface area contributed by atoms with E-state index in [1.54, 1.807) is 7.11 Å². The van der Waals surface area contributed by atoms with Crippen molar-refractivity contribution in [2.45, 2.75) is 13.1 Å². The number of para-hydroxylation sites is 1. The van der Waals surface area contributed by atoms with E-state index in [1.165, 1.54) is 11.1 Å². The topological polar surface area (TPSA) is 25.8 Å². The zero-order valence-corrected chi connectivity index (χ0v) is 12.0. The molecule has 0 fully saturated rings. The average molecular weight is 307 g/mol. The van der Waals surface area contributed by atoms with Crippen LogP contribution in [0.25, 0.3) is 0 Å². The molecule has 0 aromatic heterocycles. The van der Waals surface area contributed by atoms with E-state index in [9.17, 15) is 0 Å². The van der Waals surface area contributed by atoms with Gasteiger partial charge < -0.3 is 10.1 Å². The van der Waals surface area contributed by atoms with E-state index >= 15 is 0 Å². The molecular weight excluding hydrogens is 290 g/mol. The molecule has 2 N–H and O–H groups in total. The normalized spacial score (nSPS) is 10.3. The Morgan fingerprint density at radius 2 is 1.72 bits per heavy atom. The zero-order valence-electron chi connectivity index (χ0n) is 10.4. The van der Waals surface area contributed by atoms with Crippen molar-refractivity contribution >= 4 is 15.9 Å². The van der Waals surface area contributed by atoms with Crippen LogP contribution >= 0.6 is 15.9 Å². The smallest absolute Gasteiger partial charge is 0.127 e. The molecule has 2 aromatic carbocycles. The first kappa shape index (κ1) is 13.1. The fraction of sp³-hybridized carbons (Fsp3) is 0.200. The summed E-state index contributed by atoms with van der Waals surface area (Å²) in [5, 5.41) is 2.28. The summed E-state index contributed by atoms with van der Waals surface area (Å²) in [6.45, 7) is 1.91. The molecule has 18 heavy (non-hydrogen) atoms. The Bertz CT molecular complexity index is 496. The largest absolute Gasteiger partial charge is 0.496 e. The minimum Gasteiger partial charge on any atom is -0.496 e. The Labute approximate surface area is 116 Å². The second-order valence-corrected chi connectivity index (χ2v) is 5.05. The number of ether oxygens (including phenoxy) is 1. The van der Waals surface area contributed by atoms with Gasteiger partial charge in [0.05, 0.1) is 7.11 Å². The number of nitrogens with two attached hydrogens (primary N) is 1. The van der Waals surface area contributed by atoms with Crippen molar-refractivity contribution in [1.82, 2.24) is 0 Å². The Kier molecular flexibility index (Phi) is 4.79. The maximum atomic E-state index is 5.34. The number of benzene rings is 2. The Morgan fingerprint density at radius 1 is 1.00 bits per heavy atom. The van der Waals surface area contributed by atoms with Crippen molar-refractivity contribution in [2.24, 2.45) is 0 Å². The first-order valence-corrected chi connectivity index (χ1v) is 6.77. The second kappa shape index (κ2) is 6.57. The molecule has 0 heterocycles. The van der Waals surface area contributed by atoms with Gasteiger partial charge in [-0.1, -0.05) is 40.2 Å². The molecule has 0 bridgehead atoms. The van der Waals surface area contributed by atoms with Crippen LogP contribution in [-0.2, 0) is 13.1 Å². The molecule has 0 spiro atoms. The summed E-state index contributed by atoms with van der Waals surface area (Å²) in [7, 11) is 1.72. The highest BCUT2D eigenvalue weighted by atomic mass is 79.9. The van der Waals surface area contributed by atoms with Gasteiger partial charge in [-0.2, -0.15) is 0 Å². The zero-order chi connectivity index (χ0) is 12.8. The molecule has 0 saturated heterocycles. The van der Waals surface area contributed by atoms with E-state index in [0.717, 1.165) is 23.3 Å². The quantitative estimate of drug-likeness (QED) is 0.903. The molecule has 0 radical (unpaired) electrons. The summed E-state index contributed by atoms with van der Waals surface area (Å²) in [5.74, 6) is 0.963. The Morgan fingerprint density at radius 3 is 2.44 bits per heavy atom. The second-order valence-electron chi connectivity index (χ2n) is 4.14. The maximum absolute atomic E-state index is 5.34. The fourth-order valence-corrected chi connectivity index (χ4v) is 2.15. The van der Waals surface area contributed by atoms with Crippen molar-refractivity contribution in [3.8, 4) is 5.75 Å². The number of quaternary nitrogens is 1. The molecule has 2 rings (SSSR count). The van der Waals surface area contributed by atoms with Crippen LogP contribution in [0.2, 0.25) is 0 Å². The predicted molar refractivity (Wildman–Crippen MR) is 76.5 cm³/mol. The van der Waals surface area contributed by atoms with E-state index in [2.05, 4.69) is 51.6 Å². The summed E-state index contributed by atoms with van der Waals surface area (Å²) in [6, 6.07) is 16.6. The third-order valence-corrected chi connectivity index (χ3v) is 3.38. The lowest BCUT2D eigenvalue weighted by atomic mass is 10.2. The minimum absolute atomic E-state index is 0.931. The summed E-state index contributed by atoms with van der Waals surface area (Å²) in [5.41, 5.74) is 2.56. The monoisotopic (exact) mass is 306 g/mol. The van der Waals surface area contributed by atoms with Gasteiger partial charge in [0, 0.05) is 15.6 Å². The lowest BCUT2D eigenvalue weighted by molar-refractivity contribution is -0.686.